The van der Waals surface area contributed by atoms with Gasteiger partial charge in [-0.25, -0.2) is 0 Å². The Morgan fingerprint density at radius 2 is 1.79 bits per heavy atom. The largest absolute Gasteiger partial charge is 0.496 e. The number of aliphatic hydroxyl groups excluding tert-OH is 1. The van der Waals surface area contributed by atoms with Gasteiger partial charge in [0.2, 0.25) is 0 Å². The van der Waals surface area contributed by atoms with Gasteiger partial charge in [-0.3, -0.25) is 0 Å². The summed E-state index contributed by atoms with van der Waals surface area (Å²) in [6, 6.07) is 8.00. The average molecular weight is 262 g/mol. The Morgan fingerprint density at radius 3 is 2.42 bits per heavy atom. The third kappa shape index (κ3) is 3.73. The van der Waals surface area contributed by atoms with Crippen LogP contribution in [0, 0.1) is 17.8 Å². The van der Waals surface area contributed by atoms with Gasteiger partial charge in [-0.2, -0.15) is 0 Å². The third-order valence-electron chi connectivity index (χ3n) is 4.38. The molecular weight excluding hydrogens is 236 g/mol. The highest BCUT2D eigenvalue weighted by molar-refractivity contribution is 5.33. The van der Waals surface area contributed by atoms with E-state index in [1.807, 2.05) is 18.2 Å². The average Bonchev–Trinajstić information content (AvgIpc) is 2.38. The Hall–Kier alpha value is -1.02. The number of ether oxygens (including phenoxy) is 1. The number of hydrogen-bond acceptors (Lipinski definition) is 2. The van der Waals surface area contributed by atoms with E-state index in [2.05, 4.69) is 19.9 Å². The molecular formula is C17H26O2. The fourth-order valence-electron chi connectivity index (χ4n) is 3.59. The molecule has 1 fully saturated rings. The first-order valence-electron chi connectivity index (χ1n) is 7.40. The second kappa shape index (κ2) is 6.42. The van der Waals surface area contributed by atoms with Gasteiger partial charge in [0.15, 0.2) is 0 Å². The monoisotopic (exact) mass is 262 g/mol. The molecule has 1 aromatic carbocycles. The van der Waals surface area contributed by atoms with Gasteiger partial charge in [-0.15, -0.1) is 0 Å². The van der Waals surface area contributed by atoms with E-state index < -0.39 is 0 Å². The van der Waals surface area contributed by atoms with Crippen LogP contribution in [0.5, 0.6) is 5.75 Å². The second-order valence-corrected chi connectivity index (χ2v) is 6.26. The molecule has 0 bridgehead atoms. The standard InChI is InChI=1S/C17H26O2/c1-12-8-13(2)10-15(9-12)16(18)11-14-6-4-5-7-17(14)19-3/h4-7,12-13,15-16,18H,8-11H2,1-3H3. The Balaban J connectivity index is 2.02. The maximum Gasteiger partial charge on any atom is 0.122 e. The zero-order chi connectivity index (χ0) is 13.8. The zero-order valence-electron chi connectivity index (χ0n) is 12.3. The lowest BCUT2D eigenvalue weighted by molar-refractivity contribution is 0.0557. The van der Waals surface area contributed by atoms with Crippen molar-refractivity contribution in [3.05, 3.63) is 29.8 Å². The van der Waals surface area contributed by atoms with Crippen molar-refractivity contribution in [3.8, 4) is 5.75 Å². The van der Waals surface area contributed by atoms with Crippen LogP contribution >= 0.6 is 0 Å². The number of aliphatic hydroxyl groups is 1. The maximum atomic E-state index is 10.5. The van der Waals surface area contributed by atoms with Crippen LogP contribution in [0.1, 0.15) is 38.7 Å². The highest BCUT2D eigenvalue weighted by Gasteiger charge is 2.29. The van der Waals surface area contributed by atoms with Gasteiger partial charge in [0.05, 0.1) is 13.2 Å². The van der Waals surface area contributed by atoms with E-state index in [9.17, 15) is 5.11 Å². The van der Waals surface area contributed by atoms with Crippen molar-refractivity contribution in [1.29, 1.82) is 0 Å². The van der Waals surface area contributed by atoms with E-state index in [4.69, 9.17) is 4.74 Å². The fraction of sp³-hybridized carbons (Fsp3) is 0.647. The fourth-order valence-corrected chi connectivity index (χ4v) is 3.59. The van der Waals surface area contributed by atoms with Crippen LogP contribution < -0.4 is 4.74 Å². The maximum absolute atomic E-state index is 10.5. The lowest BCUT2D eigenvalue weighted by Gasteiger charge is -2.34. The minimum Gasteiger partial charge on any atom is -0.496 e. The molecule has 1 aliphatic carbocycles. The molecule has 1 N–H and O–H groups in total. The highest BCUT2D eigenvalue weighted by atomic mass is 16.5. The van der Waals surface area contributed by atoms with Crippen molar-refractivity contribution in [3.63, 3.8) is 0 Å². The van der Waals surface area contributed by atoms with E-state index in [0.29, 0.717) is 12.3 Å². The molecule has 3 unspecified atom stereocenters. The van der Waals surface area contributed by atoms with Gasteiger partial charge in [0, 0.05) is 6.42 Å². The van der Waals surface area contributed by atoms with Gasteiger partial charge in [-0.1, -0.05) is 32.0 Å². The first kappa shape index (κ1) is 14.4. The Bertz CT molecular complexity index is 392. The number of benzene rings is 1. The van der Waals surface area contributed by atoms with Crippen LogP contribution in [-0.2, 0) is 6.42 Å². The van der Waals surface area contributed by atoms with Crippen LogP contribution in [0.4, 0.5) is 0 Å². The molecule has 2 nitrogen and oxygen atoms in total. The summed E-state index contributed by atoms with van der Waals surface area (Å²) in [6.07, 6.45) is 4.06. The predicted molar refractivity (Wildman–Crippen MR) is 78.4 cm³/mol. The van der Waals surface area contributed by atoms with Crippen molar-refractivity contribution in [2.45, 2.75) is 45.6 Å². The zero-order valence-corrected chi connectivity index (χ0v) is 12.3. The summed E-state index contributed by atoms with van der Waals surface area (Å²) in [5.41, 5.74) is 1.11. The van der Waals surface area contributed by atoms with Crippen LogP contribution in [0.15, 0.2) is 24.3 Å². The normalized spacial score (nSPS) is 28.9. The number of rotatable bonds is 4. The molecule has 2 rings (SSSR count). The lowest BCUT2D eigenvalue weighted by atomic mass is 9.73. The van der Waals surface area contributed by atoms with Crippen molar-refractivity contribution in [1.82, 2.24) is 0 Å². The quantitative estimate of drug-likeness (QED) is 0.897. The summed E-state index contributed by atoms with van der Waals surface area (Å²) in [7, 11) is 1.69. The molecule has 0 heterocycles. The van der Waals surface area contributed by atoms with Gasteiger partial charge in [-0.05, 0) is 48.6 Å². The minimum absolute atomic E-state index is 0.249. The minimum atomic E-state index is -0.249. The topological polar surface area (TPSA) is 29.5 Å². The van der Waals surface area contributed by atoms with Crippen molar-refractivity contribution < 1.29 is 9.84 Å². The van der Waals surface area contributed by atoms with Gasteiger partial charge < -0.3 is 9.84 Å². The number of para-hydroxylation sites is 1. The first-order chi connectivity index (χ1) is 9.10. The Morgan fingerprint density at radius 1 is 1.16 bits per heavy atom. The van der Waals surface area contributed by atoms with Gasteiger partial charge in [0.25, 0.3) is 0 Å². The van der Waals surface area contributed by atoms with Gasteiger partial charge >= 0.3 is 0 Å². The highest BCUT2D eigenvalue weighted by Crippen LogP contribution is 2.36. The van der Waals surface area contributed by atoms with Crippen LogP contribution in [-0.4, -0.2) is 18.3 Å². The SMILES string of the molecule is COc1ccccc1CC(O)C1CC(C)CC(C)C1. The van der Waals surface area contributed by atoms with E-state index in [1.54, 1.807) is 7.11 Å². The summed E-state index contributed by atoms with van der Waals surface area (Å²) >= 11 is 0. The first-order valence-corrected chi connectivity index (χ1v) is 7.40. The van der Waals surface area contributed by atoms with Crippen molar-refractivity contribution >= 4 is 0 Å². The summed E-state index contributed by atoms with van der Waals surface area (Å²) in [5, 5.41) is 10.5. The smallest absolute Gasteiger partial charge is 0.122 e. The van der Waals surface area contributed by atoms with Crippen LogP contribution in [0.2, 0.25) is 0 Å². The van der Waals surface area contributed by atoms with E-state index in [1.165, 1.54) is 6.42 Å². The molecule has 0 amide bonds. The van der Waals surface area contributed by atoms with E-state index >= 15 is 0 Å². The molecule has 0 aromatic heterocycles. The molecule has 106 valence electrons. The van der Waals surface area contributed by atoms with E-state index in [0.717, 1.165) is 36.0 Å². The summed E-state index contributed by atoms with van der Waals surface area (Å²) in [6.45, 7) is 4.61. The van der Waals surface area contributed by atoms with Gasteiger partial charge in [0.1, 0.15) is 5.75 Å². The molecule has 1 aromatic rings. The van der Waals surface area contributed by atoms with Crippen LogP contribution in [0.25, 0.3) is 0 Å². The summed E-state index contributed by atoms with van der Waals surface area (Å²) in [4.78, 5) is 0. The molecule has 1 aliphatic rings. The molecule has 0 spiro atoms. The Kier molecular flexibility index (Phi) is 4.87. The van der Waals surface area contributed by atoms with Crippen molar-refractivity contribution in [2.75, 3.05) is 7.11 Å². The summed E-state index contributed by atoms with van der Waals surface area (Å²) in [5.74, 6) is 2.80. The molecule has 1 saturated carbocycles. The Labute approximate surface area is 116 Å². The second-order valence-electron chi connectivity index (χ2n) is 6.26. The van der Waals surface area contributed by atoms with E-state index in [-0.39, 0.29) is 6.10 Å². The molecule has 3 atom stereocenters. The third-order valence-corrected chi connectivity index (χ3v) is 4.38. The molecule has 0 saturated heterocycles. The number of hydrogen-bond donors (Lipinski definition) is 1. The number of methoxy groups -OCH3 is 1. The molecule has 0 aliphatic heterocycles. The lowest BCUT2D eigenvalue weighted by Crippen LogP contribution is -2.30. The molecule has 19 heavy (non-hydrogen) atoms. The van der Waals surface area contributed by atoms with Crippen LogP contribution in [0.3, 0.4) is 0 Å². The molecule has 0 radical (unpaired) electrons. The summed E-state index contributed by atoms with van der Waals surface area (Å²) < 4.78 is 5.36. The molecule has 2 heteroatoms. The van der Waals surface area contributed by atoms with Crippen molar-refractivity contribution in [2.24, 2.45) is 17.8 Å². The predicted octanol–water partition coefficient (Wildman–Crippen LogP) is 3.67.